The smallest absolute Gasteiger partial charge is 0.135 e. The normalized spacial score (nSPS) is 23.1. The molecular weight excluding hydrogens is 290 g/mol. The molecule has 0 atom stereocenters. The summed E-state index contributed by atoms with van der Waals surface area (Å²) in [5.41, 5.74) is 2.91. The van der Waals surface area contributed by atoms with E-state index in [1.807, 2.05) is 0 Å². The minimum Gasteiger partial charge on any atom is -0.300 e. The second kappa shape index (κ2) is 4.46. The van der Waals surface area contributed by atoms with Gasteiger partial charge in [0.2, 0.25) is 0 Å². The van der Waals surface area contributed by atoms with Gasteiger partial charge in [0.25, 0.3) is 0 Å². The number of likely N-dealkylation sites (tertiary alicyclic amines) is 1. The third-order valence-corrected chi connectivity index (χ3v) is 4.93. The van der Waals surface area contributed by atoms with Crippen molar-refractivity contribution in [2.45, 2.75) is 38.1 Å². The van der Waals surface area contributed by atoms with Crippen molar-refractivity contribution in [3.8, 4) is 0 Å². The predicted molar refractivity (Wildman–Crippen MR) is 75.6 cm³/mol. The number of carbonyl (C=O) groups is 1. The number of hydrogen-bond donors (Lipinski definition) is 0. The van der Waals surface area contributed by atoms with Gasteiger partial charge in [-0.25, -0.2) is 0 Å². The highest BCUT2D eigenvalue weighted by Gasteiger charge is 2.50. The van der Waals surface area contributed by atoms with E-state index in [9.17, 15) is 4.79 Å². The Morgan fingerprint density at radius 2 is 1.89 bits per heavy atom. The summed E-state index contributed by atoms with van der Waals surface area (Å²) in [5.74, 6) is 0.421. The maximum Gasteiger partial charge on any atom is 0.135 e. The molecule has 2 nitrogen and oxygen atoms in total. The molecule has 96 valence electrons. The van der Waals surface area contributed by atoms with Crippen LogP contribution in [0.3, 0.4) is 0 Å². The molecule has 2 aliphatic rings. The Balaban J connectivity index is 1.88. The molecule has 2 fully saturated rings. The van der Waals surface area contributed by atoms with E-state index in [-0.39, 0.29) is 5.54 Å². The van der Waals surface area contributed by atoms with E-state index in [1.165, 1.54) is 28.4 Å². The number of carbonyl (C=O) groups excluding carboxylic acids is 1. The van der Waals surface area contributed by atoms with Gasteiger partial charge in [-0.05, 0) is 37.0 Å². The minimum atomic E-state index is 0.216. The zero-order chi connectivity index (χ0) is 12.8. The Labute approximate surface area is 116 Å². The van der Waals surface area contributed by atoms with Crippen molar-refractivity contribution in [3.05, 3.63) is 33.8 Å². The third kappa shape index (κ3) is 2.04. The molecule has 3 heteroatoms. The van der Waals surface area contributed by atoms with Gasteiger partial charge in [0.05, 0.1) is 0 Å². The molecule has 0 unspecified atom stereocenters. The Hall–Kier alpha value is -0.670. The first-order chi connectivity index (χ1) is 8.62. The van der Waals surface area contributed by atoms with Crippen LogP contribution in [0.25, 0.3) is 0 Å². The lowest BCUT2D eigenvalue weighted by molar-refractivity contribution is -0.122. The second-order valence-electron chi connectivity index (χ2n) is 5.54. The molecule has 0 spiro atoms. The second-order valence-corrected chi connectivity index (χ2v) is 6.39. The average Bonchev–Trinajstić information content (AvgIpc) is 3.11. The van der Waals surface area contributed by atoms with Crippen LogP contribution in [0, 0.1) is 6.92 Å². The molecule has 1 heterocycles. The van der Waals surface area contributed by atoms with Crippen LogP contribution in [0.1, 0.15) is 36.8 Å². The standard InChI is InChI=1S/C15H18BrNO/c1-11-2-3-13(14(16)10-11)15(6-7-15)17-8-4-12(18)5-9-17/h2-3,10H,4-9H2,1H3. The summed E-state index contributed by atoms with van der Waals surface area (Å²) in [7, 11) is 0. The summed E-state index contributed by atoms with van der Waals surface area (Å²) in [4.78, 5) is 13.9. The lowest BCUT2D eigenvalue weighted by atomic mass is 9.98. The number of rotatable bonds is 2. The van der Waals surface area contributed by atoms with E-state index in [2.05, 4.69) is 46.0 Å². The van der Waals surface area contributed by atoms with Crippen LogP contribution in [0.4, 0.5) is 0 Å². The van der Waals surface area contributed by atoms with Crippen LogP contribution in [-0.4, -0.2) is 23.8 Å². The molecule has 1 aliphatic carbocycles. The third-order valence-electron chi connectivity index (χ3n) is 4.28. The Kier molecular flexibility index (Phi) is 3.07. The summed E-state index contributed by atoms with van der Waals surface area (Å²) in [5, 5.41) is 0. The number of hydrogen-bond acceptors (Lipinski definition) is 2. The highest BCUT2D eigenvalue weighted by atomic mass is 79.9. The van der Waals surface area contributed by atoms with Crippen molar-refractivity contribution in [2.24, 2.45) is 0 Å². The van der Waals surface area contributed by atoms with Gasteiger partial charge >= 0.3 is 0 Å². The molecule has 1 aromatic carbocycles. The van der Waals surface area contributed by atoms with Crippen LogP contribution in [-0.2, 0) is 10.3 Å². The number of Topliss-reactive ketones (excluding diaryl/α,β-unsaturated/α-hetero) is 1. The van der Waals surface area contributed by atoms with Gasteiger partial charge in [-0.3, -0.25) is 9.69 Å². The number of ketones is 1. The summed E-state index contributed by atoms with van der Waals surface area (Å²) >= 11 is 3.71. The zero-order valence-corrected chi connectivity index (χ0v) is 12.3. The summed E-state index contributed by atoms with van der Waals surface area (Å²) < 4.78 is 1.22. The lowest BCUT2D eigenvalue weighted by Crippen LogP contribution is -2.41. The average molecular weight is 308 g/mol. The molecule has 1 saturated carbocycles. The largest absolute Gasteiger partial charge is 0.300 e. The van der Waals surface area contributed by atoms with Crippen LogP contribution >= 0.6 is 15.9 Å². The molecule has 18 heavy (non-hydrogen) atoms. The van der Waals surface area contributed by atoms with Crippen molar-refractivity contribution in [1.82, 2.24) is 4.90 Å². The first-order valence-electron chi connectivity index (χ1n) is 6.65. The van der Waals surface area contributed by atoms with E-state index in [1.54, 1.807) is 0 Å². The van der Waals surface area contributed by atoms with Crippen molar-refractivity contribution >= 4 is 21.7 Å². The van der Waals surface area contributed by atoms with Crippen molar-refractivity contribution in [2.75, 3.05) is 13.1 Å². The molecule has 1 aliphatic heterocycles. The highest BCUT2D eigenvalue weighted by molar-refractivity contribution is 9.10. The Morgan fingerprint density at radius 3 is 2.44 bits per heavy atom. The minimum absolute atomic E-state index is 0.216. The van der Waals surface area contributed by atoms with Gasteiger partial charge in [-0.15, -0.1) is 0 Å². The summed E-state index contributed by atoms with van der Waals surface area (Å²) in [6.07, 6.45) is 3.90. The highest BCUT2D eigenvalue weighted by Crippen LogP contribution is 2.53. The zero-order valence-electron chi connectivity index (χ0n) is 10.7. The molecule has 0 radical (unpaired) electrons. The van der Waals surface area contributed by atoms with E-state index >= 15 is 0 Å². The van der Waals surface area contributed by atoms with Crippen LogP contribution in [0.5, 0.6) is 0 Å². The quantitative estimate of drug-likeness (QED) is 0.834. The molecule has 0 aromatic heterocycles. The SMILES string of the molecule is Cc1ccc(C2(N3CCC(=O)CC3)CC2)c(Br)c1. The van der Waals surface area contributed by atoms with Crippen LogP contribution in [0.15, 0.2) is 22.7 Å². The topological polar surface area (TPSA) is 20.3 Å². The molecule has 0 bridgehead atoms. The van der Waals surface area contributed by atoms with Crippen LogP contribution < -0.4 is 0 Å². The van der Waals surface area contributed by atoms with Gasteiger partial charge in [-0.1, -0.05) is 28.1 Å². The van der Waals surface area contributed by atoms with E-state index < -0.39 is 0 Å². The van der Waals surface area contributed by atoms with Crippen molar-refractivity contribution in [1.29, 1.82) is 0 Å². The molecule has 3 rings (SSSR count). The van der Waals surface area contributed by atoms with Gasteiger partial charge in [0, 0.05) is 35.9 Å². The number of halogens is 1. The molecule has 0 N–H and O–H groups in total. The number of piperidine rings is 1. The number of aryl methyl sites for hydroxylation is 1. The first-order valence-corrected chi connectivity index (χ1v) is 7.44. The van der Waals surface area contributed by atoms with E-state index in [0.29, 0.717) is 5.78 Å². The maximum absolute atomic E-state index is 11.4. The molecule has 1 saturated heterocycles. The molecule has 1 aromatic rings. The predicted octanol–water partition coefficient (Wildman–Crippen LogP) is 3.41. The Bertz CT molecular complexity index is 483. The van der Waals surface area contributed by atoms with Gasteiger partial charge < -0.3 is 0 Å². The van der Waals surface area contributed by atoms with Gasteiger partial charge in [0.1, 0.15) is 5.78 Å². The number of nitrogens with zero attached hydrogens (tertiary/aromatic N) is 1. The molecular formula is C15H18BrNO. The van der Waals surface area contributed by atoms with E-state index in [0.717, 1.165) is 25.9 Å². The Morgan fingerprint density at radius 1 is 1.22 bits per heavy atom. The lowest BCUT2D eigenvalue weighted by Gasteiger charge is -2.35. The summed E-state index contributed by atoms with van der Waals surface area (Å²) in [6, 6.07) is 6.64. The van der Waals surface area contributed by atoms with Gasteiger partial charge in [0.15, 0.2) is 0 Å². The van der Waals surface area contributed by atoms with Crippen LogP contribution in [0.2, 0.25) is 0 Å². The van der Waals surface area contributed by atoms with Crippen molar-refractivity contribution < 1.29 is 4.79 Å². The van der Waals surface area contributed by atoms with Crippen molar-refractivity contribution in [3.63, 3.8) is 0 Å². The molecule has 0 amide bonds. The fraction of sp³-hybridized carbons (Fsp3) is 0.533. The fourth-order valence-corrected chi connectivity index (χ4v) is 3.92. The first kappa shape index (κ1) is 12.4. The number of benzene rings is 1. The fourth-order valence-electron chi connectivity index (χ4n) is 3.06. The van der Waals surface area contributed by atoms with E-state index in [4.69, 9.17) is 0 Å². The van der Waals surface area contributed by atoms with Gasteiger partial charge in [-0.2, -0.15) is 0 Å². The monoisotopic (exact) mass is 307 g/mol. The maximum atomic E-state index is 11.4. The summed E-state index contributed by atoms with van der Waals surface area (Å²) in [6.45, 7) is 3.98.